The number of nitrogens with zero attached hydrogens (tertiary/aromatic N) is 2. The largest absolute Gasteiger partial charge is 0.465 e. The van der Waals surface area contributed by atoms with Crippen molar-refractivity contribution in [3.05, 3.63) is 47.8 Å². The summed E-state index contributed by atoms with van der Waals surface area (Å²) in [6.45, 7) is 8.90. The molecule has 0 radical (unpaired) electrons. The molecule has 0 spiro atoms. The van der Waals surface area contributed by atoms with Crippen molar-refractivity contribution < 1.29 is 9.53 Å². The van der Waals surface area contributed by atoms with Gasteiger partial charge in [0.15, 0.2) is 5.82 Å². The molecule has 0 N–H and O–H groups in total. The summed E-state index contributed by atoms with van der Waals surface area (Å²) in [6, 6.07) is 8.20. The van der Waals surface area contributed by atoms with Gasteiger partial charge >= 0.3 is 5.97 Å². The second kappa shape index (κ2) is 14.8. The highest BCUT2D eigenvalue weighted by atomic mass is 16.5. The van der Waals surface area contributed by atoms with Crippen LogP contribution in [0.4, 0.5) is 0 Å². The third kappa shape index (κ3) is 9.50. The van der Waals surface area contributed by atoms with Gasteiger partial charge in [0.05, 0.1) is 12.5 Å². The Morgan fingerprint density at radius 1 is 0.875 bits per heavy atom. The minimum Gasteiger partial charge on any atom is -0.465 e. The molecule has 1 aromatic carbocycles. The van der Waals surface area contributed by atoms with E-state index in [1.54, 1.807) is 0 Å². The molecule has 2 rings (SSSR count). The van der Waals surface area contributed by atoms with E-state index in [4.69, 9.17) is 4.74 Å². The van der Waals surface area contributed by atoms with Crippen molar-refractivity contribution >= 4 is 5.97 Å². The molecule has 1 heterocycles. The molecule has 0 saturated carbocycles. The van der Waals surface area contributed by atoms with E-state index in [0.717, 1.165) is 29.8 Å². The number of carbonyl (C=O) groups is 1. The first kappa shape index (κ1) is 26.0. The van der Waals surface area contributed by atoms with Gasteiger partial charge in [0, 0.05) is 18.0 Å². The van der Waals surface area contributed by atoms with Crippen molar-refractivity contribution in [3.63, 3.8) is 0 Å². The molecular weight excluding hydrogens is 396 g/mol. The van der Waals surface area contributed by atoms with Crippen molar-refractivity contribution in [2.45, 2.75) is 91.9 Å². The number of ether oxygens (including phenoxy) is 1. The van der Waals surface area contributed by atoms with Crippen LogP contribution in [0.25, 0.3) is 11.4 Å². The van der Waals surface area contributed by atoms with Crippen LogP contribution in [-0.4, -0.2) is 22.5 Å². The van der Waals surface area contributed by atoms with Gasteiger partial charge in [0.1, 0.15) is 0 Å². The Balaban J connectivity index is 1.78. The molecule has 0 amide bonds. The number of aryl methyl sites for hydroxylation is 1. The molecule has 0 saturated heterocycles. The molecule has 0 aliphatic heterocycles. The van der Waals surface area contributed by atoms with Crippen LogP contribution in [0, 0.1) is 11.8 Å². The van der Waals surface area contributed by atoms with Crippen LogP contribution >= 0.6 is 0 Å². The molecule has 32 heavy (non-hydrogen) atoms. The zero-order chi connectivity index (χ0) is 23.2. The van der Waals surface area contributed by atoms with Crippen LogP contribution in [0.15, 0.2) is 36.7 Å². The summed E-state index contributed by atoms with van der Waals surface area (Å²) < 4.78 is 5.43. The number of rotatable bonds is 15. The number of carbonyl (C=O) groups excluding carboxylic acids is 1. The van der Waals surface area contributed by atoms with Crippen molar-refractivity contribution in [1.29, 1.82) is 0 Å². The van der Waals surface area contributed by atoms with E-state index in [1.165, 1.54) is 50.5 Å². The summed E-state index contributed by atoms with van der Waals surface area (Å²) in [7, 11) is 0. The highest BCUT2D eigenvalue weighted by molar-refractivity contribution is 5.72. The summed E-state index contributed by atoms with van der Waals surface area (Å²) in [5, 5.41) is 0. The Bertz CT molecular complexity index is 771. The molecular formula is C28H42N2O2. The fourth-order valence-electron chi connectivity index (χ4n) is 3.63. The van der Waals surface area contributed by atoms with Crippen LogP contribution < -0.4 is 0 Å². The van der Waals surface area contributed by atoms with Crippen LogP contribution in [0.2, 0.25) is 0 Å². The smallest absolute Gasteiger partial charge is 0.308 e. The highest BCUT2D eigenvalue weighted by Crippen LogP contribution is 2.19. The van der Waals surface area contributed by atoms with Crippen LogP contribution in [0.1, 0.15) is 90.2 Å². The number of hydrogen-bond acceptors (Lipinski definition) is 4. The van der Waals surface area contributed by atoms with Gasteiger partial charge in [-0.1, -0.05) is 96.9 Å². The lowest BCUT2D eigenvalue weighted by Crippen LogP contribution is -2.19. The summed E-state index contributed by atoms with van der Waals surface area (Å²) in [6.07, 6.45) is 15.9. The first-order valence-corrected chi connectivity index (χ1v) is 12.6. The number of hydrogen-bond donors (Lipinski definition) is 0. The number of aromatic nitrogens is 2. The lowest BCUT2D eigenvalue weighted by atomic mass is 10.00. The van der Waals surface area contributed by atoms with Crippen molar-refractivity contribution in [2.75, 3.05) is 6.61 Å². The quantitative estimate of drug-likeness (QED) is 0.218. The summed E-state index contributed by atoms with van der Waals surface area (Å²) in [5.41, 5.74) is 3.34. The Labute approximate surface area is 195 Å². The average molecular weight is 439 g/mol. The van der Waals surface area contributed by atoms with E-state index in [0.29, 0.717) is 18.9 Å². The van der Waals surface area contributed by atoms with Gasteiger partial charge in [-0.2, -0.15) is 0 Å². The average Bonchev–Trinajstić information content (AvgIpc) is 2.82. The Morgan fingerprint density at radius 2 is 1.50 bits per heavy atom. The normalized spacial score (nSPS) is 13.0. The lowest BCUT2D eigenvalue weighted by molar-refractivity contribution is -0.149. The van der Waals surface area contributed by atoms with Gasteiger partial charge in [-0.3, -0.25) is 4.79 Å². The monoisotopic (exact) mass is 438 g/mol. The van der Waals surface area contributed by atoms with Gasteiger partial charge in [0.2, 0.25) is 0 Å². The van der Waals surface area contributed by atoms with E-state index < -0.39 is 0 Å². The second-order valence-electron chi connectivity index (χ2n) is 9.23. The predicted molar refractivity (Wildman–Crippen MR) is 132 cm³/mol. The number of benzene rings is 1. The van der Waals surface area contributed by atoms with E-state index in [-0.39, 0.29) is 11.9 Å². The zero-order valence-electron chi connectivity index (χ0n) is 20.6. The molecule has 0 aliphatic rings. The number of unbranched alkanes of at least 4 members (excludes halogenated alkanes) is 6. The molecule has 2 atom stereocenters. The maximum atomic E-state index is 12.2. The molecule has 0 fully saturated rings. The molecule has 1 aromatic heterocycles. The summed E-state index contributed by atoms with van der Waals surface area (Å²) >= 11 is 0. The zero-order valence-corrected chi connectivity index (χ0v) is 20.6. The SMILES string of the molecule is CCCCCCCCCc1cnc(-c2ccc(CC(C)C(=O)OCC(C)CC)cc2)nc1. The topological polar surface area (TPSA) is 52.1 Å². The third-order valence-corrected chi connectivity index (χ3v) is 6.14. The van der Waals surface area contributed by atoms with Crippen molar-refractivity contribution in [2.24, 2.45) is 11.8 Å². The molecule has 176 valence electrons. The van der Waals surface area contributed by atoms with Crippen LogP contribution in [-0.2, 0) is 22.4 Å². The first-order valence-electron chi connectivity index (χ1n) is 12.6. The van der Waals surface area contributed by atoms with Gasteiger partial charge in [-0.05, 0) is 36.3 Å². The molecule has 0 aliphatic carbocycles. The third-order valence-electron chi connectivity index (χ3n) is 6.14. The van der Waals surface area contributed by atoms with E-state index in [1.807, 2.05) is 31.5 Å². The van der Waals surface area contributed by atoms with Gasteiger partial charge in [-0.15, -0.1) is 0 Å². The molecule has 2 unspecified atom stereocenters. The maximum absolute atomic E-state index is 12.2. The van der Waals surface area contributed by atoms with Crippen LogP contribution in [0.5, 0.6) is 0 Å². The summed E-state index contributed by atoms with van der Waals surface area (Å²) in [4.78, 5) is 21.3. The van der Waals surface area contributed by atoms with Gasteiger partial charge < -0.3 is 4.74 Å². The minimum atomic E-state index is -0.146. The predicted octanol–water partition coefficient (Wildman–Crippen LogP) is 7.20. The molecule has 2 aromatic rings. The maximum Gasteiger partial charge on any atom is 0.308 e. The second-order valence-corrected chi connectivity index (χ2v) is 9.23. The fraction of sp³-hybridized carbons (Fsp3) is 0.607. The van der Waals surface area contributed by atoms with E-state index in [2.05, 4.69) is 42.9 Å². The van der Waals surface area contributed by atoms with Gasteiger partial charge in [0.25, 0.3) is 0 Å². The number of esters is 1. The standard InChI is InChI=1S/C28H42N2O2/c1-5-7-8-9-10-11-12-13-25-19-29-27(30-20-25)26-16-14-24(15-17-26)18-23(4)28(31)32-21-22(3)6-2/h14-17,19-20,22-23H,5-13,18,21H2,1-4H3. The Kier molecular flexibility index (Phi) is 12.0. The Morgan fingerprint density at radius 3 is 2.12 bits per heavy atom. The first-order chi connectivity index (χ1) is 15.5. The minimum absolute atomic E-state index is 0.116. The lowest BCUT2D eigenvalue weighted by Gasteiger charge is -2.14. The molecule has 4 heteroatoms. The van der Waals surface area contributed by atoms with E-state index in [9.17, 15) is 4.79 Å². The van der Waals surface area contributed by atoms with Crippen LogP contribution in [0.3, 0.4) is 0 Å². The summed E-state index contributed by atoms with van der Waals surface area (Å²) in [5.74, 6) is 0.898. The van der Waals surface area contributed by atoms with Crippen molar-refractivity contribution in [3.8, 4) is 11.4 Å². The van der Waals surface area contributed by atoms with E-state index >= 15 is 0 Å². The highest BCUT2D eigenvalue weighted by Gasteiger charge is 2.16. The van der Waals surface area contributed by atoms with Gasteiger partial charge in [-0.25, -0.2) is 9.97 Å². The van der Waals surface area contributed by atoms with Crippen molar-refractivity contribution in [1.82, 2.24) is 9.97 Å². The Hall–Kier alpha value is -2.23. The molecule has 4 nitrogen and oxygen atoms in total. The molecule has 0 bridgehead atoms. The fourth-order valence-corrected chi connectivity index (χ4v) is 3.63.